The lowest BCUT2D eigenvalue weighted by Crippen LogP contribution is -2.54. The topological polar surface area (TPSA) is 122 Å². The molecule has 8 heteroatoms. The van der Waals surface area contributed by atoms with E-state index in [1.807, 2.05) is 0 Å². The smallest absolute Gasteiger partial charge is 0.415 e. The molecule has 0 spiro atoms. The largest absolute Gasteiger partial charge is 0.480 e. The molecule has 8 nitrogen and oxygen atoms in total. The molecule has 0 saturated carbocycles. The van der Waals surface area contributed by atoms with Crippen LogP contribution in [0.2, 0.25) is 0 Å². The molecule has 158 valence electrons. The average molecular weight is 412 g/mol. The Morgan fingerprint density at radius 3 is 2.00 bits per heavy atom. The van der Waals surface area contributed by atoms with Gasteiger partial charge in [0.05, 0.1) is 5.56 Å². The van der Waals surface area contributed by atoms with E-state index in [0.717, 1.165) is 5.56 Å². The van der Waals surface area contributed by atoms with Crippen LogP contribution in [0.25, 0.3) is 0 Å². The third-order valence-electron chi connectivity index (χ3n) is 4.32. The number of ether oxygens (including phenoxy) is 1. The van der Waals surface area contributed by atoms with Crippen LogP contribution in [-0.4, -0.2) is 41.1 Å². The SMILES string of the molecule is CC(C)[C@H](NC(=O)[C@H](Cc1ccccc1)NC(=O)OC(=O)c1ccccc1)C(=O)O. The highest BCUT2D eigenvalue weighted by Gasteiger charge is 2.29. The van der Waals surface area contributed by atoms with Gasteiger partial charge in [-0.1, -0.05) is 62.4 Å². The molecule has 0 bridgehead atoms. The van der Waals surface area contributed by atoms with Gasteiger partial charge in [-0.15, -0.1) is 0 Å². The van der Waals surface area contributed by atoms with Gasteiger partial charge in [-0.25, -0.2) is 14.4 Å². The van der Waals surface area contributed by atoms with Gasteiger partial charge in [0.1, 0.15) is 12.1 Å². The molecule has 0 aliphatic rings. The summed E-state index contributed by atoms with van der Waals surface area (Å²) in [6.45, 7) is 3.32. The highest BCUT2D eigenvalue weighted by Crippen LogP contribution is 2.08. The summed E-state index contributed by atoms with van der Waals surface area (Å²) in [6.07, 6.45) is -1.01. The fraction of sp³-hybridized carbons (Fsp3) is 0.273. The van der Waals surface area contributed by atoms with Gasteiger partial charge >= 0.3 is 18.0 Å². The van der Waals surface area contributed by atoms with Gasteiger partial charge in [0, 0.05) is 6.42 Å². The second-order valence-corrected chi connectivity index (χ2v) is 7.00. The van der Waals surface area contributed by atoms with Crippen LogP contribution >= 0.6 is 0 Å². The molecule has 2 atom stereocenters. The Balaban J connectivity index is 2.12. The molecule has 3 N–H and O–H groups in total. The van der Waals surface area contributed by atoms with E-state index in [-0.39, 0.29) is 17.9 Å². The highest BCUT2D eigenvalue weighted by molar-refractivity contribution is 5.97. The Labute approximate surface area is 174 Å². The van der Waals surface area contributed by atoms with E-state index in [2.05, 4.69) is 10.6 Å². The van der Waals surface area contributed by atoms with Crippen LogP contribution in [0.1, 0.15) is 29.8 Å². The molecule has 0 radical (unpaired) electrons. The number of nitrogens with one attached hydrogen (secondary N) is 2. The van der Waals surface area contributed by atoms with Crippen LogP contribution in [0.5, 0.6) is 0 Å². The van der Waals surface area contributed by atoms with Crippen LogP contribution in [0.3, 0.4) is 0 Å². The maximum absolute atomic E-state index is 12.7. The maximum atomic E-state index is 12.7. The van der Waals surface area contributed by atoms with Gasteiger partial charge in [-0.2, -0.15) is 0 Å². The summed E-state index contributed by atoms with van der Waals surface area (Å²) in [4.78, 5) is 48.4. The monoisotopic (exact) mass is 412 g/mol. The van der Waals surface area contributed by atoms with Gasteiger partial charge in [0.2, 0.25) is 5.91 Å². The number of carboxylic acid groups (broad SMARTS) is 1. The molecule has 30 heavy (non-hydrogen) atoms. The van der Waals surface area contributed by atoms with Crippen molar-refractivity contribution >= 4 is 23.9 Å². The molecule has 0 aliphatic carbocycles. The lowest BCUT2D eigenvalue weighted by Gasteiger charge is -2.23. The number of carboxylic acids is 1. The van der Waals surface area contributed by atoms with Crippen molar-refractivity contribution in [3.63, 3.8) is 0 Å². The Bertz CT molecular complexity index is 883. The fourth-order valence-electron chi connectivity index (χ4n) is 2.72. The van der Waals surface area contributed by atoms with E-state index in [1.165, 1.54) is 12.1 Å². The van der Waals surface area contributed by atoms with Gasteiger partial charge in [-0.05, 0) is 23.6 Å². The second kappa shape index (κ2) is 10.8. The number of carbonyl (C=O) groups excluding carboxylic acids is 3. The van der Waals surface area contributed by atoms with Crippen molar-refractivity contribution in [3.8, 4) is 0 Å². The number of rotatable bonds is 8. The first-order valence-corrected chi connectivity index (χ1v) is 9.42. The van der Waals surface area contributed by atoms with Gasteiger partial charge in [-0.3, -0.25) is 4.79 Å². The Hall–Kier alpha value is -3.68. The molecule has 0 saturated heterocycles. The number of carbonyl (C=O) groups is 4. The van der Waals surface area contributed by atoms with Crippen LogP contribution in [0, 0.1) is 5.92 Å². The van der Waals surface area contributed by atoms with Crippen molar-refractivity contribution in [2.45, 2.75) is 32.4 Å². The minimum atomic E-state index is -1.18. The van der Waals surface area contributed by atoms with Crippen molar-refractivity contribution < 1.29 is 29.0 Å². The fourth-order valence-corrected chi connectivity index (χ4v) is 2.72. The minimum absolute atomic E-state index is 0.0890. The van der Waals surface area contributed by atoms with E-state index in [1.54, 1.807) is 62.4 Å². The van der Waals surface area contributed by atoms with Gasteiger partial charge in [0.25, 0.3) is 0 Å². The third kappa shape index (κ3) is 6.73. The summed E-state index contributed by atoms with van der Waals surface area (Å²) < 4.78 is 4.77. The quantitative estimate of drug-likeness (QED) is 0.452. The molecule has 0 unspecified atom stereocenters. The Morgan fingerprint density at radius 1 is 0.900 bits per heavy atom. The number of hydrogen-bond donors (Lipinski definition) is 3. The van der Waals surface area contributed by atoms with E-state index in [9.17, 15) is 24.3 Å². The summed E-state index contributed by atoms with van der Waals surface area (Å²) in [6, 6.07) is 14.6. The van der Waals surface area contributed by atoms with Crippen LogP contribution in [-0.2, 0) is 20.7 Å². The molecule has 0 fully saturated rings. The van der Waals surface area contributed by atoms with E-state index < -0.39 is 36.0 Å². The normalized spacial score (nSPS) is 12.5. The first-order chi connectivity index (χ1) is 14.3. The molecule has 2 amide bonds. The zero-order valence-electron chi connectivity index (χ0n) is 16.7. The van der Waals surface area contributed by atoms with E-state index in [0.29, 0.717) is 0 Å². The zero-order chi connectivity index (χ0) is 22.1. The van der Waals surface area contributed by atoms with Crippen molar-refractivity contribution in [2.75, 3.05) is 0 Å². The highest BCUT2D eigenvalue weighted by atomic mass is 16.6. The van der Waals surface area contributed by atoms with Crippen LogP contribution < -0.4 is 10.6 Å². The summed E-state index contributed by atoms with van der Waals surface area (Å²) >= 11 is 0. The summed E-state index contributed by atoms with van der Waals surface area (Å²) in [5, 5.41) is 14.1. The summed E-state index contributed by atoms with van der Waals surface area (Å²) in [5.74, 6) is -3.10. The number of esters is 1. The summed E-state index contributed by atoms with van der Waals surface area (Å²) in [5.41, 5.74) is 0.922. The molecule has 0 aromatic heterocycles. The molecular weight excluding hydrogens is 388 g/mol. The Morgan fingerprint density at radius 2 is 1.47 bits per heavy atom. The average Bonchev–Trinajstić information content (AvgIpc) is 2.72. The lowest BCUT2D eigenvalue weighted by atomic mass is 10.0. The van der Waals surface area contributed by atoms with Gasteiger partial charge in [0.15, 0.2) is 0 Å². The number of hydrogen-bond acceptors (Lipinski definition) is 5. The predicted octanol–water partition coefficient (Wildman–Crippen LogP) is 2.39. The number of aliphatic carboxylic acids is 1. The molecule has 2 aromatic rings. The van der Waals surface area contributed by atoms with Crippen molar-refractivity contribution in [1.29, 1.82) is 0 Å². The predicted molar refractivity (Wildman–Crippen MR) is 109 cm³/mol. The zero-order valence-corrected chi connectivity index (χ0v) is 16.7. The minimum Gasteiger partial charge on any atom is -0.480 e. The lowest BCUT2D eigenvalue weighted by molar-refractivity contribution is -0.143. The first kappa shape index (κ1) is 22.6. The van der Waals surface area contributed by atoms with E-state index in [4.69, 9.17) is 4.74 Å². The molecule has 2 rings (SSSR count). The van der Waals surface area contributed by atoms with E-state index >= 15 is 0 Å². The number of alkyl carbamates (subject to hydrolysis) is 1. The van der Waals surface area contributed by atoms with Crippen molar-refractivity contribution in [1.82, 2.24) is 10.6 Å². The summed E-state index contributed by atoms with van der Waals surface area (Å²) in [7, 11) is 0. The van der Waals surface area contributed by atoms with Crippen molar-refractivity contribution in [3.05, 3.63) is 71.8 Å². The maximum Gasteiger partial charge on any atom is 0.415 e. The number of amides is 2. The number of benzene rings is 2. The second-order valence-electron chi connectivity index (χ2n) is 7.00. The standard InChI is InChI=1S/C22H24N2O6/c1-14(2)18(20(26)27)24-19(25)17(13-15-9-5-3-6-10-15)23-22(29)30-21(28)16-11-7-4-8-12-16/h3-12,14,17-18H,13H2,1-2H3,(H,23,29)(H,24,25)(H,26,27)/t17-,18-/m0/s1. The molecule has 0 aliphatic heterocycles. The van der Waals surface area contributed by atoms with Gasteiger partial charge < -0.3 is 20.5 Å². The Kier molecular flexibility index (Phi) is 8.10. The molecular formula is C22H24N2O6. The van der Waals surface area contributed by atoms with Crippen molar-refractivity contribution in [2.24, 2.45) is 5.92 Å². The third-order valence-corrected chi connectivity index (χ3v) is 4.32. The van der Waals surface area contributed by atoms with Crippen LogP contribution in [0.15, 0.2) is 60.7 Å². The molecule has 0 heterocycles. The first-order valence-electron chi connectivity index (χ1n) is 9.42. The van der Waals surface area contributed by atoms with Crippen LogP contribution in [0.4, 0.5) is 4.79 Å². The molecule has 2 aromatic carbocycles.